The third-order valence-corrected chi connectivity index (χ3v) is 4.01. The van der Waals surface area contributed by atoms with Crippen LogP contribution in [0.3, 0.4) is 0 Å². The molecule has 0 amide bonds. The fraction of sp³-hybridized carbons (Fsp3) is 0.692. The maximum atomic E-state index is 5.47. The first-order valence-corrected chi connectivity index (χ1v) is 6.11. The van der Waals surface area contributed by atoms with Crippen molar-refractivity contribution in [1.82, 2.24) is 10.2 Å². The van der Waals surface area contributed by atoms with Crippen LogP contribution in [0.1, 0.15) is 38.5 Å². The molecule has 1 atom stereocenters. The summed E-state index contributed by atoms with van der Waals surface area (Å²) in [7, 11) is 2.06. The number of nitrogens with one attached hydrogen (secondary N) is 1. The van der Waals surface area contributed by atoms with Gasteiger partial charge in [0.25, 0.3) is 0 Å². The van der Waals surface area contributed by atoms with Crippen LogP contribution >= 0.6 is 0 Å². The van der Waals surface area contributed by atoms with Gasteiger partial charge in [0.15, 0.2) is 0 Å². The minimum atomic E-state index is 0.319. The van der Waals surface area contributed by atoms with Gasteiger partial charge < -0.3 is 9.73 Å². The van der Waals surface area contributed by atoms with Gasteiger partial charge in [-0.05, 0) is 45.9 Å². The topological polar surface area (TPSA) is 28.4 Å². The van der Waals surface area contributed by atoms with Gasteiger partial charge in [-0.3, -0.25) is 4.90 Å². The maximum Gasteiger partial charge on any atom is 0.120 e. The van der Waals surface area contributed by atoms with Gasteiger partial charge >= 0.3 is 0 Å². The largest absolute Gasteiger partial charge is 0.468 e. The normalized spacial score (nSPS) is 23.2. The Kier molecular flexibility index (Phi) is 3.36. The third-order valence-electron chi connectivity index (χ3n) is 4.01. The molecule has 3 nitrogen and oxygen atoms in total. The van der Waals surface area contributed by atoms with Gasteiger partial charge in [0.05, 0.1) is 12.3 Å². The van der Waals surface area contributed by atoms with Gasteiger partial charge in [-0.15, -0.1) is 0 Å². The van der Waals surface area contributed by atoms with E-state index in [-0.39, 0.29) is 0 Å². The molecule has 0 saturated carbocycles. The lowest BCUT2D eigenvalue weighted by molar-refractivity contribution is 0.107. The van der Waals surface area contributed by atoms with Crippen molar-refractivity contribution in [1.29, 1.82) is 0 Å². The molecule has 0 spiro atoms. The molecule has 16 heavy (non-hydrogen) atoms. The number of hydrogen-bond donors (Lipinski definition) is 1. The second-order valence-corrected chi connectivity index (χ2v) is 5.04. The summed E-state index contributed by atoms with van der Waals surface area (Å²) in [5.41, 5.74) is 0.319. The fourth-order valence-electron chi connectivity index (χ4n) is 2.36. The SMILES string of the molecule is CNC1(C)CCN(C(C)c2ccco2)CC1. The fourth-order valence-corrected chi connectivity index (χ4v) is 2.36. The zero-order valence-electron chi connectivity index (χ0n) is 10.5. The summed E-state index contributed by atoms with van der Waals surface area (Å²) in [6.45, 7) is 6.81. The van der Waals surface area contributed by atoms with Gasteiger partial charge in [-0.2, -0.15) is 0 Å². The highest BCUT2D eigenvalue weighted by molar-refractivity contribution is 5.04. The van der Waals surface area contributed by atoms with E-state index >= 15 is 0 Å². The van der Waals surface area contributed by atoms with Crippen LogP contribution in [0.15, 0.2) is 22.8 Å². The molecule has 1 saturated heterocycles. The molecule has 1 N–H and O–H groups in total. The summed E-state index contributed by atoms with van der Waals surface area (Å²) in [4.78, 5) is 2.50. The molecule has 1 aliphatic heterocycles. The van der Waals surface area contributed by atoms with E-state index in [1.807, 2.05) is 6.07 Å². The lowest BCUT2D eigenvalue weighted by Crippen LogP contribution is -2.50. The molecule has 1 aromatic heterocycles. The minimum absolute atomic E-state index is 0.319. The first-order chi connectivity index (χ1) is 7.64. The van der Waals surface area contributed by atoms with Crippen LogP contribution in [-0.2, 0) is 0 Å². The number of furan rings is 1. The number of nitrogens with zero attached hydrogens (tertiary/aromatic N) is 1. The van der Waals surface area contributed by atoms with Crippen LogP contribution in [0, 0.1) is 0 Å². The molecule has 0 aromatic carbocycles. The Morgan fingerprint density at radius 1 is 1.44 bits per heavy atom. The maximum absolute atomic E-state index is 5.47. The summed E-state index contributed by atoms with van der Waals surface area (Å²) in [5.74, 6) is 1.08. The van der Waals surface area contributed by atoms with E-state index < -0.39 is 0 Å². The van der Waals surface area contributed by atoms with Crippen LogP contribution < -0.4 is 5.32 Å². The molecular weight excluding hydrogens is 200 g/mol. The molecule has 0 radical (unpaired) electrons. The Morgan fingerprint density at radius 3 is 2.62 bits per heavy atom. The van der Waals surface area contributed by atoms with E-state index in [1.54, 1.807) is 6.26 Å². The van der Waals surface area contributed by atoms with Crippen LogP contribution in [-0.4, -0.2) is 30.6 Å². The summed E-state index contributed by atoms with van der Waals surface area (Å²) >= 11 is 0. The molecule has 0 aliphatic carbocycles. The number of piperidine rings is 1. The van der Waals surface area contributed by atoms with Crippen LogP contribution in [0.4, 0.5) is 0 Å². The zero-order valence-corrected chi connectivity index (χ0v) is 10.5. The molecule has 2 heterocycles. The van der Waals surface area contributed by atoms with Crippen molar-refractivity contribution in [3.8, 4) is 0 Å². The highest BCUT2D eigenvalue weighted by Crippen LogP contribution is 2.28. The zero-order chi connectivity index (χ0) is 11.6. The second-order valence-electron chi connectivity index (χ2n) is 5.04. The van der Waals surface area contributed by atoms with Crippen molar-refractivity contribution >= 4 is 0 Å². The van der Waals surface area contributed by atoms with Crippen LogP contribution in [0.2, 0.25) is 0 Å². The molecule has 1 aromatic rings. The van der Waals surface area contributed by atoms with Crippen molar-refractivity contribution in [2.45, 2.75) is 38.3 Å². The highest BCUT2D eigenvalue weighted by atomic mass is 16.3. The van der Waals surface area contributed by atoms with Crippen molar-refractivity contribution in [3.63, 3.8) is 0 Å². The number of likely N-dealkylation sites (tertiary alicyclic amines) is 1. The molecule has 2 rings (SSSR count). The van der Waals surface area contributed by atoms with Crippen LogP contribution in [0.5, 0.6) is 0 Å². The smallest absolute Gasteiger partial charge is 0.120 e. The number of hydrogen-bond acceptors (Lipinski definition) is 3. The van der Waals surface area contributed by atoms with E-state index in [2.05, 4.69) is 37.2 Å². The molecule has 1 fully saturated rings. The van der Waals surface area contributed by atoms with E-state index in [1.165, 1.54) is 12.8 Å². The van der Waals surface area contributed by atoms with Crippen molar-refractivity contribution in [3.05, 3.63) is 24.2 Å². The molecule has 1 unspecified atom stereocenters. The predicted molar refractivity (Wildman–Crippen MR) is 65.4 cm³/mol. The van der Waals surface area contributed by atoms with Gasteiger partial charge in [-0.1, -0.05) is 0 Å². The minimum Gasteiger partial charge on any atom is -0.468 e. The summed E-state index contributed by atoms with van der Waals surface area (Å²) in [6.07, 6.45) is 4.16. The Bertz CT molecular complexity index is 313. The van der Waals surface area contributed by atoms with E-state index in [9.17, 15) is 0 Å². The van der Waals surface area contributed by atoms with Crippen molar-refractivity contribution in [2.75, 3.05) is 20.1 Å². The predicted octanol–water partition coefficient (Wildman–Crippen LogP) is 2.41. The van der Waals surface area contributed by atoms with Crippen molar-refractivity contribution < 1.29 is 4.42 Å². The molecular formula is C13H22N2O. The molecule has 3 heteroatoms. The van der Waals surface area contributed by atoms with Crippen molar-refractivity contribution in [2.24, 2.45) is 0 Å². The van der Waals surface area contributed by atoms with E-state index in [0.29, 0.717) is 11.6 Å². The Morgan fingerprint density at radius 2 is 2.12 bits per heavy atom. The highest BCUT2D eigenvalue weighted by Gasteiger charge is 2.30. The Balaban J connectivity index is 1.94. The third kappa shape index (κ3) is 2.30. The van der Waals surface area contributed by atoms with Gasteiger partial charge in [0.1, 0.15) is 5.76 Å². The summed E-state index contributed by atoms with van der Waals surface area (Å²) in [6, 6.07) is 4.43. The first kappa shape index (κ1) is 11.7. The standard InChI is InChI=1S/C13H22N2O/c1-11(12-5-4-10-16-12)15-8-6-13(2,14-3)7-9-15/h4-5,10-11,14H,6-9H2,1-3H3. The van der Waals surface area contributed by atoms with E-state index in [0.717, 1.165) is 18.8 Å². The first-order valence-electron chi connectivity index (χ1n) is 6.11. The van der Waals surface area contributed by atoms with E-state index in [4.69, 9.17) is 4.42 Å². The Labute approximate surface area is 97.8 Å². The quantitative estimate of drug-likeness (QED) is 0.851. The number of rotatable bonds is 3. The lowest BCUT2D eigenvalue weighted by atomic mass is 9.89. The Hall–Kier alpha value is -0.800. The van der Waals surface area contributed by atoms with Crippen LogP contribution in [0.25, 0.3) is 0 Å². The van der Waals surface area contributed by atoms with Gasteiger partial charge in [0, 0.05) is 18.6 Å². The summed E-state index contributed by atoms with van der Waals surface area (Å²) in [5, 5.41) is 3.42. The molecule has 0 bridgehead atoms. The molecule has 1 aliphatic rings. The monoisotopic (exact) mass is 222 g/mol. The second kappa shape index (κ2) is 4.60. The molecule has 90 valence electrons. The average molecular weight is 222 g/mol. The summed E-state index contributed by atoms with van der Waals surface area (Å²) < 4.78 is 5.47. The van der Waals surface area contributed by atoms with Gasteiger partial charge in [0.2, 0.25) is 0 Å². The lowest BCUT2D eigenvalue weighted by Gasteiger charge is -2.41. The van der Waals surface area contributed by atoms with Gasteiger partial charge in [-0.25, -0.2) is 0 Å². The average Bonchev–Trinajstić information content (AvgIpc) is 2.83.